The van der Waals surface area contributed by atoms with E-state index in [9.17, 15) is 15.0 Å². The number of fused-ring (bicyclic) bond motifs is 1. The lowest BCUT2D eigenvalue weighted by Gasteiger charge is -2.26. The van der Waals surface area contributed by atoms with E-state index in [2.05, 4.69) is 24.0 Å². The van der Waals surface area contributed by atoms with Gasteiger partial charge >= 0.3 is 0 Å². The van der Waals surface area contributed by atoms with Gasteiger partial charge in [0.1, 0.15) is 22.9 Å². The molecule has 1 aliphatic rings. The number of aliphatic hydroxyl groups is 1. The van der Waals surface area contributed by atoms with E-state index in [1.807, 2.05) is 30.3 Å². The first-order chi connectivity index (χ1) is 15.0. The number of benzene rings is 2. The van der Waals surface area contributed by atoms with Gasteiger partial charge in [0.05, 0.1) is 19.3 Å². The van der Waals surface area contributed by atoms with Gasteiger partial charge in [-0.2, -0.15) is 5.10 Å². The zero-order valence-electron chi connectivity index (χ0n) is 17.7. The van der Waals surface area contributed by atoms with Crippen LogP contribution >= 0.6 is 0 Å². The number of ether oxygens (including phenoxy) is 1. The van der Waals surface area contributed by atoms with E-state index in [0.717, 1.165) is 17.7 Å². The molecule has 0 radical (unpaired) electrons. The van der Waals surface area contributed by atoms with Crippen molar-refractivity contribution >= 4 is 5.91 Å². The van der Waals surface area contributed by atoms with Gasteiger partial charge in [-0.15, -0.1) is 0 Å². The van der Waals surface area contributed by atoms with Gasteiger partial charge in [0.15, 0.2) is 0 Å². The predicted molar refractivity (Wildman–Crippen MR) is 117 cm³/mol. The fourth-order valence-corrected chi connectivity index (χ4v) is 3.95. The molecule has 0 bridgehead atoms. The molecule has 1 atom stereocenters. The topological polar surface area (TPSA) is 98.7 Å². The van der Waals surface area contributed by atoms with Gasteiger partial charge in [0.2, 0.25) is 0 Å². The van der Waals surface area contributed by atoms with Gasteiger partial charge < -0.3 is 19.8 Å². The van der Waals surface area contributed by atoms with Crippen molar-refractivity contribution in [2.75, 3.05) is 19.8 Å². The first-order valence-electron chi connectivity index (χ1n) is 10.5. The van der Waals surface area contributed by atoms with Crippen LogP contribution in [0.3, 0.4) is 0 Å². The Kier molecular flexibility index (Phi) is 5.95. The van der Waals surface area contributed by atoms with E-state index in [0.29, 0.717) is 35.0 Å². The van der Waals surface area contributed by atoms with Gasteiger partial charge in [0, 0.05) is 17.7 Å². The first-order valence-corrected chi connectivity index (χ1v) is 10.5. The second-order valence-corrected chi connectivity index (χ2v) is 8.11. The molecule has 3 N–H and O–H groups in total. The number of nitrogens with one attached hydrogen (secondary N) is 1. The molecule has 0 fully saturated rings. The number of phenolic OH excluding ortho intramolecular Hbond substituents is 1. The number of aromatic hydroxyl groups is 1. The van der Waals surface area contributed by atoms with Crippen molar-refractivity contribution in [3.8, 4) is 22.8 Å². The molecule has 2 aromatic carbocycles. The Morgan fingerprint density at radius 1 is 1.19 bits per heavy atom. The van der Waals surface area contributed by atoms with Gasteiger partial charge in [-0.25, -0.2) is 0 Å². The average molecular weight is 421 g/mol. The summed E-state index contributed by atoms with van der Waals surface area (Å²) in [4.78, 5) is 14.7. The van der Waals surface area contributed by atoms with Crippen molar-refractivity contribution in [2.45, 2.75) is 26.3 Å². The summed E-state index contributed by atoms with van der Waals surface area (Å²) >= 11 is 0. The summed E-state index contributed by atoms with van der Waals surface area (Å²) in [6, 6.07) is 14.1. The molecule has 2 heterocycles. The number of rotatable bonds is 8. The molecule has 7 heteroatoms. The number of hydrogen-bond donors (Lipinski definition) is 3. The number of H-pyrrole nitrogens is 1. The van der Waals surface area contributed by atoms with Gasteiger partial charge in [-0.1, -0.05) is 38.1 Å². The van der Waals surface area contributed by atoms with E-state index < -0.39 is 6.04 Å². The molecule has 4 rings (SSSR count). The predicted octanol–water partition coefficient (Wildman–Crippen LogP) is 3.74. The Hall–Kier alpha value is -3.32. The molecular weight excluding hydrogens is 394 g/mol. The number of aromatic amines is 1. The SMILES string of the molecule is CC(C)CCOc1cccc([C@@H]2c3c(-c4ccccc4O)n[nH]c3C(=O)N2CCO)c1. The van der Waals surface area contributed by atoms with Crippen LogP contribution in [0.25, 0.3) is 11.3 Å². The van der Waals surface area contributed by atoms with Crippen LogP contribution in [0.2, 0.25) is 0 Å². The molecule has 1 aromatic heterocycles. The summed E-state index contributed by atoms with van der Waals surface area (Å²) in [6.07, 6.45) is 0.950. The highest BCUT2D eigenvalue weighted by molar-refractivity contribution is 6.00. The summed E-state index contributed by atoms with van der Waals surface area (Å²) in [6.45, 7) is 4.95. The lowest BCUT2D eigenvalue weighted by molar-refractivity contribution is 0.0706. The zero-order valence-corrected chi connectivity index (χ0v) is 17.7. The Labute approximate surface area is 181 Å². The van der Waals surface area contributed by atoms with E-state index >= 15 is 0 Å². The second kappa shape index (κ2) is 8.81. The number of aromatic nitrogens is 2. The monoisotopic (exact) mass is 421 g/mol. The fourth-order valence-electron chi connectivity index (χ4n) is 3.95. The van der Waals surface area contributed by atoms with Crippen LogP contribution in [-0.4, -0.2) is 51.0 Å². The standard InChI is InChI=1S/C24H27N3O4/c1-15(2)10-13-31-17-7-5-6-16(14-17)23-20-21(18-8-3-4-9-19(18)29)25-26-22(20)24(30)27(23)11-12-28/h3-9,14-15,23,28-29H,10-13H2,1-2H3,(H,25,26)/t23-/m1/s1. The van der Waals surface area contributed by atoms with Crippen molar-refractivity contribution in [1.82, 2.24) is 15.1 Å². The highest BCUT2D eigenvalue weighted by atomic mass is 16.5. The molecule has 31 heavy (non-hydrogen) atoms. The minimum absolute atomic E-state index is 0.0920. The quantitative estimate of drug-likeness (QED) is 0.515. The number of nitrogens with zero attached hydrogens (tertiary/aromatic N) is 2. The molecule has 1 amide bonds. The third-order valence-corrected chi connectivity index (χ3v) is 5.50. The summed E-state index contributed by atoms with van der Waals surface area (Å²) in [7, 11) is 0. The largest absolute Gasteiger partial charge is 0.507 e. The first kappa shape index (κ1) is 20.9. The number of carbonyl (C=O) groups excluding carboxylic acids is 1. The minimum atomic E-state index is -0.448. The van der Waals surface area contributed by atoms with Crippen molar-refractivity contribution < 1.29 is 19.7 Å². The normalized spacial score (nSPS) is 15.5. The highest BCUT2D eigenvalue weighted by Gasteiger charge is 2.42. The van der Waals surface area contributed by atoms with Crippen LogP contribution in [0.15, 0.2) is 48.5 Å². The lowest BCUT2D eigenvalue weighted by atomic mass is 9.95. The van der Waals surface area contributed by atoms with Crippen molar-refractivity contribution in [1.29, 1.82) is 0 Å². The maximum absolute atomic E-state index is 13.1. The van der Waals surface area contributed by atoms with Crippen LogP contribution in [0.5, 0.6) is 11.5 Å². The van der Waals surface area contributed by atoms with Gasteiger partial charge in [-0.3, -0.25) is 9.89 Å². The van der Waals surface area contributed by atoms with Crippen LogP contribution in [0.1, 0.15) is 47.9 Å². The van der Waals surface area contributed by atoms with Gasteiger partial charge in [-0.05, 0) is 42.2 Å². The fraction of sp³-hybridized carbons (Fsp3) is 0.333. The van der Waals surface area contributed by atoms with E-state index in [-0.39, 0.29) is 24.8 Å². The maximum Gasteiger partial charge on any atom is 0.273 e. The van der Waals surface area contributed by atoms with Crippen molar-refractivity contribution in [2.24, 2.45) is 5.92 Å². The Morgan fingerprint density at radius 3 is 2.74 bits per heavy atom. The van der Waals surface area contributed by atoms with Crippen LogP contribution in [0.4, 0.5) is 0 Å². The number of β-amino-alcohol motifs (C(OH)–C–C–N with tert-alkyl or cyclic N) is 1. The van der Waals surface area contributed by atoms with Crippen LogP contribution in [0, 0.1) is 5.92 Å². The molecule has 0 saturated heterocycles. The van der Waals surface area contributed by atoms with Crippen LogP contribution in [-0.2, 0) is 0 Å². The summed E-state index contributed by atoms with van der Waals surface area (Å²) in [5.41, 5.74) is 3.01. The third kappa shape index (κ3) is 4.01. The molecule has 0 aliphatic carbocycles. The number of para-hydroxylation sites is 1. The number of amides is 1. The third-order valence-electron chi connectivity index (χ3n) is 5.50. The molecule has 1 aliphatic heterocycles. The maximum atomic E-state index is 13.1. The summed E-state index contributed by atoms with van der Waals surface area (Å²) in [5.74, 6) is 1.14. The van der Waals surface area contributed by atoms with Gasteiger partial charge in [0.25, 0.3) is 5.91 Å². The minimum Gasteiger partial charge on any atom is -0.507 e. The molecule has 3 aromatic rings. The highest BCUT2D eigenvalue weighted by Crippen LogP contribution is 2.44. The molecule has 0 saturated carbocycles. The summed E-state index contributed by atoms with van der Waals surface area (Å²) in [5, 5.41) is 27.2. The lowest BCUT2D eigenvalue weighted by Crippen LogP contribution is -2.32. The smallest absolute Gasteiger partial charge is 0.273 e. The molecule has 0 unspecified atom stereocenters. The summed E-state index contributed by atoms with van der Waals surface area (Å²) < 4.78 is 5.93. The van der Waals surface area contributed by atoms with Crippen LogP contribution < -0.4 is 4.74 Å². The molecule has 0 spiro atoms. The van der Waals surface area contributed by atoms with E-state index in [4.69, 9.17) is 4.74 Å². The molecule has 162 valence electrons. The zero-order chi connectivity index (χ0) is 22.0. The second-order valence-electron chi connectivity index (χ2n) is 8.11. The van der Waals surface area contributed by atoms with E-state index in [1.54, 1.807) is 23.1 Å². The molecule has 7 nitrogen and oxygen atoms in total. The Balaban J connectivity index is 1.76. The number of aliphatic hydroxyl groups excluding tert-OH is 1. The van der Waals surface area contributed by atoms with Crippen molar-refractivity contribution in [3.05, 3.63) is 65.4 Å². The number of phenols is 1. The number of hydrogen-bond acceptors (Lipinski definition) is 5. The number of carbonyl (C=O) groups is 1. The average Bonchev–Trinajstić information content (AvgIpc) is 3.28. The van der Waals surface area contributed by atoms with E-state index in [1.165, 1.54) is 0 Å². The van der Waals surface area contributed by atoms with Crippen molar-refractivity contribution in [3.63, 3.8) is 0 Å². The molecular formula is C24H27N3O4. The Morgan fingerprint density at radius 2 is 2.00 bits per heavy atom. The Bertz CT molecular complexity index is 1080.